The second-order valence-corrected chi connectivity index (χ2v) is 7.98. The highest BCUT2D eigenvalue weighted by Crippen LogP contribution is 2.34. The largest absolute Gasteiger partial charge is 0.496 e. The van der Waals surface area contributed by atoms with Crippen molar-refractivity contribution < 1.29 is 23.9 Å². The Morgan fingerprint density at radius 2 is 1.61 bits per heavy atom. The first-order valence-corrected chi connectivity index (χ1v) is 10.6. The van der Waals surface area contributed by atoms with Crippen LogP contribution >= 0.6 is 0 Å². The van der Waals surface area contributed by atoms with E-state index in [2.05, 4.69) is 4.90 Å². The molecular weight excluding hydrogens is 356 g/mol. The number of hydrogen-bond acceptors (Lipinski definition) is 4. The number of likely N-dealkylation sites (tertiary alicyclic amines) is 2. The molecule has 0 bridgehead atoms. The van der Waals surface area contributed by atoms with Gasteiger partial charge in [0.2, 0.25) is 5.91 Å². The molecule has 6 heteroatoms. The number of benzene rings is 1. The van der Waals surface area contributed by atoms with Crippen LogP contribution in [0.25, 0.3) is 0 Å². The van der Waals surface area contributed by atoms with Crippen molar-refractivity contribution in [2.45, 2.75) is 45.1 Å². The molecule has 2 unspecified atom stereocenters. The van der Waals surface area contributed by atoms with Gasteiger partial charge in [0.05, 0.1) is 45.9 Å². The van der Waals surface area contributed by atoms with E-state index in [-0.39, 0.29) is 5.92 Å². The van der Waals surface area contributed by atoms with Crippen molar-refractivity contribution in [1.82, 2.24) is 4.90 Å². The second kappa shape index (κ2) is 10.0. The van der Waals surface area contributed by atoms with Gasteiger partial charge in [-0.05, 0) is 31.7 Å². The minimum Gasteiger partial charge on any atom is -0.496 e. The summed E-state index contributed by atoms with van der Waals surface area (Å²) in [4.78, 5) is 16.6. The van der Waals surface area contributed by atoms with Crippen molar-refractivity contribution in [2.24, 2.45) is 5.92 Å². The molecule has 2 atom stereocenters. The first-order valence-electron chi connectivity index (χ1n) is 10.6. The molecule has 156 valence electrons. The van der Waals surface area contributed by atoms with Crippen LogP contribution in [0.4, 0.5) is 0 Å². The second-order valence-electron chi connectivity index (χ2n) is 7.98. The molecule has 2 aliphatic rings. The molecule has 3 rings (SSSR count). The fraction of sp³-hybridized carbons (Fsp3) is 0.682. The quantitative estimate of drug-likeness (QED) is 0.805. The van der Waals surface area contributed by atoms with Gasteiger partial charge in [-0.2, -0.15) is 0 Å². The van der Waals surface area contributed by atoms with E-state index in [1.54, 1.807) is 21.3 Å². The zero-order chi connectivity index (χ0) is 19.9. The molecule has 2 heterocycles. The van der Waals surface area contributed by atoms with Crippen molar-refractivity contribution in [2.75, 3.05) is 47.5 Å². The van der Waals surface area contributed by atoms with Crippen LogP contribution in [0.5, 0.6) is 17.2 Å². The number of nitrogens with zero attached hydrogens (tertiary/aromatic N) is 1. The zero-order valence-corrected chi connectivity index (χ0v) is 17.6. The van der Waals surface area contributed by atoms with Crippen molar-refractivity contribution in [1.29, 1.82) is 0 Å². The lowest BCUT2D eigenvalue weighted by atomic mass is 9.95. The average Bonchev–Trinajstić information content (AvgIpc) is 3.02. The fourth-order valence-electron chi connectivity index (χ4n) is 4.57. The minimum atomic E-state index is 0.146. The van der Waals surface area contributed by atoms with E-state index in [1.807, 2.05) is 12.1 Å². The molecular formula is C22H35N2O4+. The molecule has 0 aliphatic carbocycles. The Balaban J connectivity index is 1.68. The molecule has 2 saturated heterocycles. The highest BCUT2D eigenvalue weighted by molar-refractivity contribution is 5.79. The molecule has 0 saturated carbocycles. The van der Waals surface area contributed by atoms with Crippen LogP contribution < -0.4 is 19.1 Å². The van der Waals surface area contributed by atoms with E-state index in [1.165, 1.54) is 17.7 Å². The number of methoxy groups -OCH3 is 3. The van der Waals surface area contributed by atoms with Gasteiger partial charge >= 0.3 is 0 Å². The third-order valence-electron chi connectivity index (χ3n) is 6.11. The number of hydrogen-bond donors (Lipinski definition) is 1. The zero-order valence-electron chi connectivity index (χ0n) is 17.6. The number of piperidine rings is 1. The van der Waals surface area contributed by atoms with Gasteiger partial charge in [-0.3, -0.25) is 4.79 Å². The maximum Gasteiger partial charge on any atom is 0.231 e. The van der Waals surface area contributed by atoms with Gasteiger partial charge in [0, 0.05) is 19.2 Å². The summed E-state index contributed by atoms with van der Waals surface area (Å²) in [6.07, 6.45) is 6.92. The van der Waals surface area contributed by atoms with Gasteiger partial charge in [-0.25, -0.2) is 0 Å². The summed E-state index contributed by atoms with van der Waals surface area (Å²) in [5, 5.41) is 0. The van der Waals surface area contributed by atoms with Gasteiger partial charge in [0.1, 0.15) is 12.3 Å². The van der Waals surface area contributed by atoms with Crippen LogP contribution in [0.3, 0.4) is 0 Å². The number of carbonyl (C=O) groups is 1. The molecule has 28 heavy (non-hydrogen) atoms. The van der Waals surface area contributed by atoms with Gasteiger partial charge in [-0.15, -0.1) is 0 Å². The molecule has 2 fully saturated rings. The van der Waals surface area contributed by atoms with E-state index in [4.69, 9.17) is 14.2 Å². The van der Waals surface area contributed by atoms with Crippen LogP contribution in [0.15, 0.2) is 12.1 Å². The lowest BCUT2D eigenvalue weighted by Gasteiger charge is -2.32. The Morgan fingerprint density at radius 1 is 0.964 bits per heavy atom. The number of rotatable bonds is 6. The molecule has 0 radical (unpaired) electrons. The number of ether oxygens (including phenoxy) is 3. The minimum absolute atomic E-state index is 0.146. The van der Waals surface area contributed by atoms with E-state index in [0.717, 1.165) is 69.7 Å². The third-order valence-corrected chi connectivity index (χ3v) is 6.11. The smallest absolute Gasteiger partial charge is 0.231 e. The number of nitrogens with one attached hydrogen (secondary N) is 1. The van der Waals surface area contributed by atoms with Crippen molar-refractivity contribution in [3.8, 4) is 17.2 Å². The maximum atomic E-state index is 13.1. The summed E-state index contributed by atoms with van der Waals surface area (Å²) in [5.41, 5.74) is 1.10. The molecule has 1 N–H and O–H groups in total. The molecule has 0 spiro atoms. The van der Waals surface area contributed by atoms with E-state index in [0.29, 0.717) is 17.4 Å². The predicted octanol–water partition coefficient (Wildman–Crippen LogP) is 1.91. The van der Waals surface area contributed by atoms with Gasteiger partial charge in [0.25, 0.3) is 0 Å². The van der Waals surface area contributed by atoms with E-state index < -0.39 is 0 Å². The highest BCUT2D eigenvalue weighted by atomic mass is 16.5. The summed E-state index contributed by atoms with van der Waals surface area (Å²) in [5.74, 6) is 2.72. The molecule has 2 aliphatic heterocycles. The van der Waals surface area contributed by atoms with Crippen LogP contribution in [0.2, 0.25) is 0 Å². The first kappa shape index (κ1) is 20.8. The summed E-state index contributed by atoms with van der Waals surface area (Å²) in [6.45, 7) is 4.68. The highest BCUT2D eigenvalue weighted by Gasteiger charge is 2.32. The Bertz CT molecular complexity index is 656. The molecule has 1 aromatic rings. The summed E-state index contributed by atoms with van der Waals surface area (Å²) in [7, 11) is 4.96. The predicted molar refractivity (Wildman–Crippen MR) is 108 cm³/mol. The average molecular weight is 392 g/mol. The lowest BCUT2D eigenvalue weighted by molar-refractivity contribution is -0.921. The number of amides is 1. The fourth-order valence-corrected chi connectivity index (χ4v) is 4.57. The van der Waals surface area contributed by atoms with Crippen LogP contribution in [-0.2, 0) is 11.3 Å². The standard InChI is InChI=1S/C22H34N2O4/c1-26-19-14-21(28-3)20(27-2)13-18(19)16-23-10-8-9-17(15-23)22(25)24-11-6-4-5-7-12-24/h13-14,17H,4-12,15-16H2,1-3H3/p+1. The molecule has 1 aromatic carbocycles. The van der Waals surface area contributed by atoms with Gasteiger partial charge in [-0.1, -0.05) is 12.8 Å². The Labute approximate surface area is 168 Å². The van der Waals surface area contributed by atoms with Crippen molar-refractivity contribution in [3.63, 3.8) is 0 Å². The topological polar surface area (TPSA) is 52.4 Å². The maximum absolute atomic E-state index is 13.1. The molecule has 1 amide bonds. The van der Waals surface area contributed by atoms with Crippen molar-refractivity contribution >= 4 is 5.91 Å². The van der Waals surface area contributed by atoms with Crippen LogP contribution in [0, 0.1) is 5.92 Å². The normalized spacial score (nSPS) is 23.0. The Morgan fingerprint density at radius 3 is 2.25 bits per heavy atom. The Kier molecular flexibility index (Phi) is 7.43. The van der Waals surface area contributed by atoms with Gasteiger partial charge in [0.15, 0.2) is 11.5 Å². The lowest BCUT2D eigenvalue weighted by Crippen LogP contribution is -3.12. The van der Waals surface area contributed by atoms with Crippen LogP contribution in [-0.4, -0.2) is 58.3 Å². The molecule has 6 nitrogen and oxygen atoms in total. The molecule has 0 aromatic heterocycles. The Hall–Kier alpha value is -1.95. The number of quaternary nitrogens is 1. The van der Waals surface area contributed by atoms with Crippen molar-refractivity contribution in [3.05, 3.63) is 17.7 Å². The monoisotopic (exact) mass is 391 g/mol. The SMILES string of the molecule is COc1cc(OC)c(OC)cc1C[NH+]1CCCC(C(=O)N2CCCCCC2)C1. The summed E-state index contributed by atoms with van der Waals surface area (Å²) >= 11 is 0. The first-order chi connectivity index (χ1) is 13.7. The van der Waals surface area contributed by atoms with Gasteiger partial charge < -0.3 is 24.0 Å². The van der Waals surface area contributed by atoms with E-state index in [9.17, 15) is 4.79 Å². The third kappa shape index (κ3) is 4.90. The van der Waals surface area contributed by atoms with Crippen LogP contribution in [0.1, 0.15) is 44.1 Å². The summed E-state index contributed by atoms with van der Waals surface area (Å²) < 4.78 is 16.4. The number of carbonyl (C=O) groups excluding carboxylic acids is 1. The van der Waals surface area contributed by atoms with E-state index >= 15 is 0 Å². The summed E-state index contributed by atoms with van der Waals surface area (Å²) in [6, 6.07) is 3.89.